The van der Waals surface area contributed by atoms with Gasteiger partial charge in [-0.3, -0.25) is 9.59 Å². The van der Waals surface area contributed by atoms with Gasteiger partial charge in [0, 0.05) is 31.6 Å². The Balaban J connectivity index is 1.16. The van der Waals surface area contributed by atoms with Crippen LogP contribution >= 0.6 is 11.3 Å². The number of hydrogen-bond acceptors (Lipinski definition) is 6. The number of likely N-dealkylation sites (tertiary alicyclic amines) is 2. The molecule has 7 nitrogen and oxygen atoms in total. The molecule has 0 aliphatic carbocycles. The number of fused-ring (bicyclic) bond motifs is 2. The number of ether oxygens (including phenoxy) is 1. The van der Waals surface area contributed by atoms with Crippen LogP contribution in [-0.4, -0.2) is 57.8 Å². The molecule has 0 saturated carbocycles. The van der Waals surface area contributed by atoms with Crippen molar-refractivity contribution in [2.24, 2.45) is 0 Å². The van der Waals surface area contributed by atoms with Gasteiger partial charge in [-0.25, -0.2) is 9.97 Å². The second-order valence-electron chi connectivity index (χ2n) is 11.8. The summed E-state index contributed by atoms with van der Waals surface area (Å²) in [7, 11) is 0. The predicted octanol–water partition coefficient (Wildman–Crippen LogP) is 6.86. The molecule has 4 heterocycles. The molecule has 5 aromatic rings. The normalized spacial score (nSPS) is 16.4. The number of para-hydroxylation sites is 1. The Morgan fingerprint density at radius 2 is 1.56 bits per heavy atom. The number of nitrogens with zero attached hydrogens (tertiary/aromatic N) is 4. The second-order valence-corrected chi connectivity index (χ2v) is 13.0. The number of pyridine rings is 1. The van der Waals surface area contributed by atoms with E-state index in [1.807, 2.05) is 70.5 Å². The summed E-state index contributed by atoms with van der Waals surface area (Å²) < 4.78 is 7.27. The van der Waals surface area contributed by atoms with Crippen LogP contribution in [0.1, 0.15) is 63.5 Å². The first kappa shape index (κ1) is 29.0. The quantitative estimate of drug-likeness (QED) is 0.196. The van der Waals surface area contributed by atoms with Gasteiger partial charge in [-0.2, -0.15) is 0 Å². The van der Waals surface area contributed by atoms with Crippen molar-refractivity contribution in [1.29, 1.82) is 0 Å². The molecule has 2 saturated heterocycles. The third-order valence-corrected chi connectivity index (χ3v) is 10.1. The molecule has 0 bridgehead atoms. The number of piperidine rings is 2. The number of aromatic nitrogens is 2. The number of benzene rings is 3. The minimum atomic E-state index is -0.397. The Morgan fingerprint density at radius 3 is 2.31 bits per heavy atom. The largest absolute Gasteiger partial charge is 0.486 e. The Labute approximate surface area is 266 Å². The molecule has 2 aliphatic rings. The Kier molecular flexibility index (Phi) is 7.95. The first-order valence-electron chi connectivity index (χ1n) is 15.6. The Bertz CT molecular complexity index is 1880. The first-order valence-corrected chi connectivity index (χ1v) is 16.4. The maximum atomic E-state index is 13.9. The SMILES string of the molecule is C#CC1(c2ccccc2)CCN(C(=O)c2cc(C(=O)N3CCCCC3)c3cc(OCc4nc5ccccc5s4)ccc3n2)CC1. The van der Waals surface area contributed by atoms with Gasteiger partial charge in [0.05, 0.1) is 26.7 Å². The second kappa shape index (κ2) is 12.3. The van der Waals surface area contributed by atoms with Crippen molar-refractivity contribution in [2.45, 2.75) is 44.1 Å². The number of amides is 2. The minimum Gasteiger partial charge on any atom is -0.486 e. The zero-order valence-electron chi connectivity index (χ0n) is 25.1. The third-order valence-electron chi connectivity index (χ3n) is 9.08. The van der Waals surface area contributed by atoms with Gasteiger partial charge in [0.15, 0.2) is 0 Å². The zero-order valence-corrected chi connectivity index (χ0v) is 25.9. The van der Waals surface area contributed by atoms with Gasteiger partial charge in [-0.05, 0) is 74.1 Å². The topological polar surface area (TPSA) is 75.6 Å². The Morgan fingerprint density at radius 1 is 0.822 bits per heavy atom. The molecule has 0 atom stereocenters. The molecule has 226 valence electrons. The van der Waals surface area contributed by atoms with Crippen molar-refractivity contribution in [2.75, 3.05) is 26.2 Å². The molecule has 0 unspecified atom stereocenters. The van der Waals surface area contributed by atoms with Crippen LogP contribution in [0.5, 0.6) is 5.75 Å². The molecule has 2 aliphatic heterocycles. The van der Waals surface area contributed by atoms with Crippen LogP contribution < -0.4 is 4.74 Å². The first-order chi connectivity index (χ1) is 22.0. The maximum Gasteiger partial charge on any atom is 0.272 e. The molecule has 45 heavy (non-hydrogen) atoms. The van der Waals surface area contributed by atoms with Crippen LogP contribution in [0.3, 0.4) is 0 Å². The molecule has 3 aromatic carbocycles. The molecule has 0 radical (unpaired) electrons. The van der Waals surface area contributed by atoms with Gasteiger partial charge in [0.2, 0.25) is 0 Å². The van der Waals surface area contributed by atoms with Crippen molar-refractivity contribution < 1.29 is 14.3 Å². The van der Waals surface area contributed by atoms with E-state index in [-0.39, 0.29) is 17.5 Å². The van der Waals surface area contributed by atoms with E-state index in [4.69, 9.17) is 16.1 Å². The highest BCUT2D eigenvalue weighted by molar-refractivity contribution is 7.18. The fourth-order valence-electron chi connectivity index (χ4n) is 6.50. The summed E-state index contributed by atoms with van der Waals surface area (Å²) in [6, 6.07) is 25.4. The van der Waals surface area contributed by atoms with Crippen LogP contribution in [0.2, 0.25) is 0 Å². The number of hydrogen-bond donors (Lipinski definition) is 0. The van der Waals surface area contributed by atoms with E-state index in [0.717, 1.165) is 40.1 Å². The van der Waals surface area contributed by atoms with Gasteiger partial charge in [-0.15, -0.1) is 17.8 Å². The number of thiazole rings is 1. The summed E-state index contributed by atoms with van der Waals surface area (Å²) in [6.07, 6.45) is 10.5. The lowest BCUT2D eigenvalue weighted by molar-refractivity contribution is 0.0687. The number of terminal acetylenes is 1. The summed E-state index contributed by atoms with van der Waals surface area (Å²) in [6.45, 7) is 2.78. The highest BCUT2D eigenvalue weighted by atomic mass is 32.1. The lowest BCUT2D eigenvalue weighted by Crippen LogP contribution is -2.45. The number of carbonyl (C=O) groups is 2. The summed E-state index contributed by atoms with van der Waals surface area (Å²) >= 11 is 1.60. The molecule has 2 aromatic heterocycles. The van der Waals surface area contributed by atoms with Gasteiger partial charge < -0.3 is 14.5 Å². The third kappa shape index (κ3) is 5.76. The number of rotatable bonds is 6. The average Bonchev–Trinajstić information content (AvgIpc) is 3.53. The van der Waals surface area contributed by atoms with Crippen LogP contribution in [0, 0.1) is 12.3 Å². The van der Waals surface area contributed by atoms with Crippen LogP contribution in [0.25, 0.3) is 21.1 Å². The van der Waals surface area contributed by atoms with Gasteiger partial charge in [0.1, 0.15) is 23.1 Å². The van der Waals surface area contributed by atoms with E-state index in [1.54, 1.807) is 17.4 Å². The maximum absolute atomic E-state index is 13.9. The molecule has 7 rings (SSSR count). The van der Waals surface area contributed by atoms with E-state index < -0.39 is 5.41 Å². The summed E-state index contributed by atoms with van der Waals surface area (Å²) in [5.74, 6) is 3.40. The monoisotopic (exact) mass is 614 g/mol. The molecule has 8 heteroatoms. The van der Waals surface area contributed by atoms with Crippen molar-refractivity contribution in [3.05, 3.63) is 101 Å². The van der Waals surface area contributed by atoms with Crippen molar-refractivity contribution >= 4 is 44.3 Å². The van der Waals surface area contributed by atoms with E-state index in [0.29, 0.717) is 67.8 Å². The molecular formula is C37H34N4O3S. The lowest BCUT2D eigenvalue weighted by atomic mass is 9.73. The fourth-order valence-corrected chi connectivity index (χ4v) is 7.38. The predicted molar refractivity (Wildman–Crippen MR) is 178 cm³/mol. The van der Waals surface area contributed by atoms with Crippen LogP contribution in [0.4, 0.5) is 0 Å². The number of carbonyl (C=O) groups excluding carboxylic acids is 2. The van der Waals surface area contributed by atoms with E-state index in [9.17, 15) is 9.59 Å². The minimum absolute atomic E-state index is 0.0754. The standard InChI is InChI=1S/C37H34N4O3S/c1-2-37(26-11-5-3-6-12-26)17-21-41(22-18-37)36(43)32-24-29(35(42)40-19-9-4-10-20-40)28-23-27(15-16-30(28)38-32)44-25-34-39-31-13-7-8-14-33(31)45-34/h1,3,5-8,11-16,23-24H,4,9-10,17-22,25H2. The summed E-state index contributed by atoms with van der Waals surface area (Å²) in [5, 5.41) is 1.56. The van der Waals surface area contributed by atoms with Gasteiger partial charge in [-0.1, -0.05) is 48.4 Å². The van der Waals surface area contributed by atoms with E-state index in [1.165, 1.54) is 0 Å². The highest BCUT2D eigenvalue weighted by Crippen LogP contribution is 2.36. The highest BCUT2D eigenvalue weighted by Gasteiger charge is 2.36. The van der Waals surface area contributed by atoms with Crippen LogP contribution in [0.15, 0.2) is 78.9 Å². The van der Waals surface area contributed by atoms with E-state index >= 15 is 0 Å². The fraction of sp³-hybridized carbons (Fsp3) is 0.297. The zero-order chi connectivity index (χ0) is 30.8. The van der Waals surface area contributed by atoms with E-state index in [2.05, 4.69) is 23.0 Å². The van der Waals surface area contributed by atoms with Gasteiger partial charge in [0.25, 0.3) is 11.8 Å². The lowest BCUT2D eigenvalue weighted by Gasteiger charge is -2.38. The van der Waals surface area contributed by atoms with Crippen molar-refractivity contribution in [3.63, 3.8) is 0 Å². The smallest absolute Gasteiger partial charge is 0.272 e. The Hall–Kier alpha value is -4.74. The molecule has 2 amide bonds. The molecule has 0 N–H and O–H groups in total. The average molecular weight is 615 g/mol. The molecule has 0 spiro atoms. The van der Waals surface area contributed by atoms with Crippen LogP contribution in [-0.2, 0) is 12.0 Å². The van der Waals surface area contributed by atoms with Crippen molar-refractivity contribution in [3.8, 4) is 18.1 Å². The summed E-state index contributed by atoms with van der Waals surface area (Å²) in [4.78, 5) is 41.0. The van der Waals surface area contributed by atoms with Crippen molar-refractivity contribution in [1.82, 2.24) is 19.8 Å². The molecular weight excluding hydrogens is 580 g/mol. The summed E-state index contributed by atoms with van der Waals surface area (Å²) in [5.41, 5.74) is 3.02. The van der Waals surface area contributed by atoms with Gasteiger partial charge >= 0.3 is 0 Å². The molecule has 2 fully saturated rings.